The predicted octanol–water partition coefficient (Wildman–Crippen LogP) is 1.93. The molecule has 0 heterocycles. The smallest absolute Gasteiger partial charge is 0.114 e. The summed E-state index contributed by atoms with van der Waals surface area (Å²) >= 11 is 3.30. The standard InChI is InChI=1S/C7H16N2S2/c1-7(2,3)11-6(10-4)5(8)9/h8-9H2,1-4H3. The molecule has 66 valence electrons. The molecule has 0 aliphatic rings. The molecule has 0 saturated carbocycles. The lowest BCUT2D eigenvalue weighted by atomic mass is 10.3. The number of hydrogen-bond acceptors (Lipinski definition) is 4. The van der Waals surface area contributed by atoms with E-state index >= 15 is 0 Å². The minimum absolute atomic E-state index is 0.183. The molecule has 0 aromatic carbocycles. The zero-order chi connectivity index (χ0) is 9.07. The predicted molar refractivity (Wildman–Crippen MR) is 56.3 cm³/mol. The molecule has 4 heteroatoms. The van der Waals surface area contributed by atoms with Gasteiger partial charge in [0.05, 0.1) is 4.24 Å². The third kappa shape index (κ3) is 5.32. The lowest BCUT2D eigenvalue weighted by Gasteiger charge is -2.18. The molecule has 2 nitrogen and oxygen atoms in total. The number of thioether (sulfide) groups is 2. The van der Waals surface area contributed by atoms with E-state index in [1.807, 2.05) is 6.26 Å². The Bertz CT molecular complexity index is 154. The second kappa shape index (κ2) is 4.16. The van der Waals surface area contributed by atoms with Crippen LogP contribution in [0, 0.1) is 0 Å². The highest BCUT2D eigenvalue weighted by Crippen LogP contribution is 2.36. The zero-order valence-electron chi connectivity index (χ0n) is 7.47. The van der Waals surface area contributed by atoms with E-state index < -0.39 is 0 Å². The lowest BCUT2D eigenvalue weighted by Crippen LogP contribution is -2.14. The lowest BCUT2D eigenvalue weighted by molar-refractivity contribution is 0.807. The normalized spacial score (nSPS) is 11.3. The van der Waals surface area contributed by atoms with Gasteiger partial charge < -0.3 is 11.5 Å². The maximum absolute atomic E-state index is 5.47. The Morgan fingerprint density at radius 3 is 1.73 bits per heavy atom. The van der Waals surface area contributed by atoms with Crippen molar-refractivity contribution in [2.45, 2.75) is 25.5 Å². The molecule has 11 heavy (non-hydrogen) atoms. The Morgan fingerprint density at radius 1 is 1.18 bits per heavy atom. The second-order valence-electron chi connectivity index (χ2n) is 3.16. The Balaban J connectivity index is 4.23. The Morgan fingerprint density at radius 2 is 1.64 bits per heavy atom. The van der Waals surface area contributed by atoms with Crippen LogP contribution in [0.4, 0.5) is 0 Å². The molecule has 0 aromatic rings. The molecule has 0 rings (SSSR count). The van der Waals surface area contributed by atoms with Crippen LogP contribution < -0.4 is 11.5 Å². The molecule has 0 spiro atoms. The van der Waals surface area contributed by atoms with Crippen molar-refractivity contribution in [2.24, 2.45) is 11.5 Å². The molecule has 4 N–H and O–H groups in total. The van der Waals surface area contributed by atoms with E-state index in [2.05, 4.69) is 20.8 Å². The Kier molecular flexibility index (Phi) is 4.18. The molecular formula is C7H16N2S2. The maximum Gasteiger partial charge on any atom is 0.114 e. The average Bonchev–Trinajstić information content (AvgIpc) is 1.80. The van der Waals surface area contributed by atoms with Gasteiger partial charge in [0.25, 0.3) is 0 Å². The molecular weight excluding hydrogens is 176 g/mol. The van der Waals surface area contributed by atoms with E-state index in [0.717, 1.165) is 4.24 Å². The summed E-state index contributed by atoms with van der Waals surface area (Å²) in [6.45, 7) is 6.41. The monoisotopic (exact) mass is 192 g/mol. The third-order valence-electron chi connectivity index (χ3n) is 0.820. The van der Waals surface area contributed by atoms with Gasteiger partial charge in [-0.2, -0.15) is 0 Å². The van der Waals surface area contributed by atoms with Crippen LogP contribution >= 0.6 is 23.5 Å². The van der Waals surface area contributed by atoms with Crippen molar-refractivity contribution >= 4 is 23.5 Å². The fraction of sp³-hybridized carbons (Fsp3) is 0.714. The van der Waals surface area contributed by atoms with Crippen molar-refractivity contribution in [1.29, 1.82) is 0 Å². The minimum Gasteiger partial charge on any atom is -0.384 e. The molecule has 0 amide bonds. The SMILES string of the molecule is CSC(SC(C)(C)C)=C(N)N. The van der Waals surface area contributed by atoms with Gasteiger partial charge in [-0.1, -0.05) is 20.8 Å². The highest BCUT2D eigenvalue weighted by molar-refractivity contribution is 8.22. The second-order valence-corrected chi connectivity index (χ2v) is 6.07. The quantitative estimate of drug-likeness (QED) is 0.702. The van der Waals surface area contributed by atoms with Gasteiger partial charge in [0.2, 0.25) is 0 Å². The number of nitrogens with two attached hydrogens (primary N) is 2. The van der Waals surface area contributed by atoms with Crippen molar-refractivity contribution in [2.75, 3.05) is 6.26 Å². The van der Waals surface area contributed by atoms with Gasteiger partial charge in [0.1, 0.15) is 5.82 Å². The van der Waals surface area contributed by atoms with Crippen LogP contribution in [-0.2, 0) is 0 Å². The first kappa shape index (κ1) is 11.0. The number of hydrogen-bond donors (Lipinski definition) is 2. The van der Waals surface area contributed by atoms with Gasteiger partial charge in [-0.05, 0) is 6.26 Å². The first-order valence-corrected chi connectivity index (χ1v) is 5.39. The van der Waals surface area contributed by atoms with Crippen LogP contribution in [0.2, 0.25) is 0 Å². The summed E-state index contributed by atoms with van der Waals surface area (Å²) in [7, 11) is 0. The van der Waals surface area contributed by atoms with Crippen LogP contribution in [0.3, 0.4) is 0 Å². The average molecular weight is 192 g/mol. The van der Waals surface area contributed by atoms with Gasteiger partial charge in [0.15, 0.2) is 0 Å². The van der Waals surface area contributed by atoms with Crippen molar-refractivity contribution < 1.29 is 0 Å². The first-order valence-electron chi connectivity index (χ1n) is 3.35. The molecule has 0 atom stereocenters. The van der Waals surface area contributed by atoms with E-state index in [0.29, 0.717) is 5.82 Å². The van der Waals surface area contributed by atoms with Crippen LogP contribution in [0.25, 0.3) is 0 Å². The summed E-state index contributed by atoms with van der Waals surface area (Å²) in [4.78, 5) is 0. The summed E-state index contributed by atoms with van der Waals surface area (Å²) in [5.41, 5.74) is 10.9. The Hall–Kier alpha value is 0.0400. The minimum atomic E-state index is 0.183. The van der Waals surface area contributed by atoms with Gasteiger partial charge >= 0.3 is 0 Å². The summed E-state index contributed by atoms with van der Waals surface area (Å²) in [6.07, 6.45) is 1.98. The highest BCUT2D eigenvalue weighted by Gasteiger charge is 2.14. The van der Waals surface area contributed by atoms with E-state index in [4.69, 9.17) is 11.5 Å². The largest absolute Gasteiger partial charge is 0.384 e. The summed E-state index contributed by atoms with van der Waals surface area (Å²) in [6, 6.07) is 0. The number of rotatable bonds is 2. The molecule has 0 bridgehead atoms. The molecule has 0 aromatic heterocycles. The molecule has 0 unspecified atom stereocenters. The highest BCUT2D eigenvalue weighted by atomic mass is 32.2. The molecule has 0 saturated heterocycles. The fourth-order valence-corrected chi connectivity index (χ4v) is 2.49. The van der Waals surface area contributed by atoms with Crippen LogP contribution in [0.1, 0.15) is 20.8 Å². The third-order valence-corrected chi connectivity index (χ3v) is 3.21. The van der Waals surface area contributed by atoms with Gasteiger partial charge in [-0.25, -0.2) is 0 Å². The fourth-order valence-electron chi connectivity index (χ4n) is 0.497. The van der Waals surface area contributed by atoms with Gasteiger partial charge in [-0.3, -0.25) is 0 Å². The summed E-state index contributed by atoms with van der Waals surface area (Å²) in [5, 5.41) is 0. The van der Waals surface area contributed by atoms with E-state index in [1.54, 1.807) is 23.5 Å². The summed E-state index contributed by atoms with van der Waals surface area (Å²) in [5.74, 6) is 0.428. The summed E-state index contributed by atoms with van der Waals surface area (Å²) < 4.78 is 1.19. The van der Waals surface area contributed by atoms with Crippen molar-refractivity contribution in [3.63, 3.8) is 0 Å². The van der Waals surface area contributed by atoms with Crippen LogP contribution in [0.5, 0.6) is 0 Å². The van der Waals surface area contributed by atoms with Crippen molar-refractivity contribution in [3.8, 4) is 0 Å². The molecule has 0 radical (unpaired) electrons. The Labute approximate surface area is 77.2 Å². The van der Waals surface area contributed by atoms with Crippen LogP contribution in [0.15, 0.2) is 10.1 Å². The molecule has 0 aliphatic heterocycles. The van der Waals surface area contributed by atoms with Gasteiger partial charge in [0, 0.05) is 4.75 Å². The molecule has 0 fully saturated rings. The first-order chi connectivity index (χ1) is 4.87. The van der Waals surface area contributed by atoms with E-state index in [-0.39, 0.29) is 4.75 Å². The van der Waals surface area contributed by atoms with Crippen molar-refractivity contribution in [1.82, 2.24) is 0 Å². The molecule has 0 aliphatic carbocycles. The topological polar surface area (TPSA) is 52.0 Å². The van der Waals surface area contributed by atoms with Crippen molar-refractivity contribution in [3.05, 3.63) is 10.1 Å². The maximum atomic E-state index is 5.47. The van der Waals surface area contributed by atoms with Crippen LogP contribution in [-0.4, -0.2) is 11.0 Å². The van der Waals surface area contributed by atoms with Gasteiger partial charge in [-0.15, -0.1) is 23.5 Å². The van der Waals surface area contributed by atoms with E-state index in [1.165, 1.54) is 0 Å². The zero-order valence-corrected chi connectivity index (χ0v) is 9.10. The van der Waals surface area contributed by atoms with E-state index in [9.17, 15) is 0 Å².